The molecule has 0 fully saturated rings. The first-order valence-corrected chi connectivity index (χ1v) is 11.9. The van der Waals surface area contributed by atoms with Crippen molar-refractivity contribution in [3.8, 4) is 5.75 Å². The molecule has 2 aromatic carbocycles. The number of fused-ring (bicyclic) bond motifs is 1. The number of methoxy groups -OCH3 is 1. The van der Waals surface area contributed by atoms with Crippen molar-refractivity contribution < 1.29 is 17.9 Å². The molecule has 0 atom stereocenters. The summed E-state index contributed by atoms with van der Waals surface area (Å²) in [5, 5.41) is 1.26. The molecule has 0 aliphatic heterocycles. The Morgan fingerprint density at radius 3 is 2.25 bits per heavy atom. The molecule has 7 nitrogen and oxygen atoms in total. The first kappa shape index (κ1) is 23.5. The van der Waals surface area contributed by atoms with Crippen molar-refractivity contribution in [2.75, 3.05) is 18.0 Å². The number of hydrogen-bond donors (Lipinski definition) is 0. The first-order valence-electron chi connectivity index (χ1n) is 10.5. The highest BCUT2D eigenvalue weighted by Gasteiger charge is 2.31. The van der Waals surface area contributed by atoms with Gasteiger partial charge < -0.3 is 9.64 Å². The van der Waals surface area contributed by atoms with Crippen LogP contribution in [-0.4, -0.2) is 49.9 Å². The molecule has 0 N–H and O–H groups in total. The number of carbonyl (C=O) groups is 1. The van der Waals surface area contributed by atoms with Gasteiger partial charge in [-0.3, -0.25) is 14.1 Å². The van der Waals surface area contributed by atoms with Gasteiger partial charge in [-0.2, -0.15) is 0 Å². The number of sulfonamides is 1. The van der Waals surface area contributed by atoms with Gasteiger partial charge in [0.05, 0.1) is 17.7 Å². The molecule has 1 heterocycles. The monoisotopic (exact) mass is 455 g/mol. The number of amides is 1. The van der Waals surface area contributed by atoms with Gasteiger partial charge in [-0.25, -0.2) is 8.42 Å². The third-order valence-corrected chi connectivity index (χ3v) is 7.08. The van der Waals surface area contributed by atoms with Crippen LogP contribution in [0.4, 0.5) is 5.69 Å². The third-order valence-electron chi connectivity index (χ3n) is 5.25. The molecule has 3 rings (SSSR count). The van der Waals surface area contributed by atoms with Crippen molar-refractivity contribution in [1.82, 2.24) is 9.88 Å². The number of ether oxygens (including phenoxy) is 1. The summed E-state index contributed by atoms with van der Waals surface area (Å²) in [7, 11) is -2.52. The Bertz CT molecular complexity index is 1180. The lowest BCUT2D eigenvalue weighted by Gasteiger charge is -2.33. The summed E-state index contributed by atoms with van der Waals surface area (Å²) in [5.74, 6) is 0.330. The number of anilines is 1. The molecule has 32 heavy (non-hydrogen) atoms. The average molecular weight is 456 g/mol. The Morgan fingerprint density at radius 2 is 1.66 bits per heavy atom. The SMILES string of the molecule is COc1ccc(N(CC(=O)N(C(C)C)C(C)C)S(=O)(=O)c2cccc3cnccc23)cc1. The number of benzene rings is 2. The predicted octanol–water partition coefficient (Wildman–Crippen LogP) is 4.08. The molecule has 0 saturated heterocycles. The van der Waals surface area contributed by atoms with E-state index < -0.39 is 10.0 Å². The van der Waals surface area contributed by atoms with Crippen LogP contribution in [0.1, 0.15) is 27.7 Å². The zero-order valence-corrected chi connectivity index (χ0v) is 19.8. The predicted molar refractivity (Wildman–Crippen MR) is 126 cm³/mol. The third kappa shape index (κ3) is 4.70. The molecule has 1 amide bonds. The van der Waals surface area contributed by atoms with Crippen molar-refractivity contribution in [3.05, 3.63) is 60.9 Å². The lowest BCUT2D eigenvalue weighted by atomic mass is 10.2. The van der Waals surface area contributed by atoms with Crippen LogP contribution >= 0.6 is 0 Å². The van der Waals surface area contributed by atoms with E-state index in [4.69, 9.17) is 4.74 Å². The number of pyridine rings is 1. The molecule has 3 aromatic rings. The van der Waals surface area contributed by atoms with Crippen molar-refractivity contribution in [2.24, 2.45) is 0 Å². The lowest BCUT2D eigenvalue weighted by Crippen LogP contribution is -2.48. The minimum atomic E-state index is -4.06. The van der Waals surface area contributed by atoms with E-state index in [1.54, 1.807) is 66.9 Å². The maximum absolute atomic E-state index is 13.9. The summed E-state index contributed by atoms with van der Waals surface area (Å²) >= 11 is 0. The van der Waals surface area contributed by atoms with E-state index in [2.05, 4.69) is 4.98 Å². The summed E-state index contributed by atoms with van der Waals surface area (Å²) in [5.41, 5.74) is 0.387. The Hall–Kier alpha value is -3.13. The van der Waals surface area contributed by atoms with Crippen LogP contribution in [0.3, 0.4) is 0 Å². The van der Waals surface area contributed by atoms with Gasteiger partial charge >= 0.3 is 0 Å². The standard InChI is InChI=1S/C24H29N3O4S/c1-17(2)27(18(3)4)24(28)16-26(20-9-11-21(31-5)12-10-20)32(29,30)23-8-6-7-19-15-25-14-13-22(19)23/h6-15,17-18H,16H2,1-5H3. The van der Waals surface area contributed by atoms with Crippen LogP contribution in [0.25, 0.3) is 10.8 Å². The Balaban J connectivity index is 2.13. The van der Waals surface area contributed by atoms with Gasteiger partial charge in [0, 0.05) is 35.2 Å². The molecule has 8 heteroatoms. The molecular formula is C24H29N3O4S. The van der Waals surface area contributed by atoms with Gasteiger partial charge in [0.2, 0.25) is 5.91 Å². The van der Waals surface area contributed by atoms with E-state index in [1.165, 1.54) is 4.31 Å². The molecule has 0 radical (unpaired) electrons. The zero-order chi connectivity index (χ0) is 23.5. The molecule has 170 valence electrons. The molecule has 0 aliphatic rings. The second-order valence-electron chi connectivity index (χ2n) is 8.05. The van der Waals surface area contributed by atoms with Gasteiger partial charge in [-0.15, -0.1) is 0 Å². The molecule has 0 bridgehead atoms. The Labute approximate surface area is 189 Å². The summed E-state index contributed by atoms with van der Waals surface area (Å²) in [4.78, 5) is 19.2. The lowest BCUT2D eigenvalue weighted by molar-refractivity contribution is -0.133. The Morgan fingerprint density at radius 1 is 1.00 bits per heavy atom. The minimum absolute atomic E-state index is 0.0634. The highest BCUT2D eigenvalue weighted by atomic mass is 32.2. The number of aromatic nitrogens is 1. The molecule has 1 aromatic heterocycles. The molecule has 0 aliphatic carbocycles. The second kappa shape index (κ2) is 9.56. The molecule has 0 saturated carbocycles. The Kier molecular flexibility index (Phi) is 7.03. The molecule has 0 unspecified atom stereocenters. The highest BCUT2D eigenvalue weighted by molar-refractivity contribution is 7.93. The van der Waals surface area contributed by atoms with Crippen LogP contribution in [0.2, 0.25) is 0 Å². The second-order valence-corrected chi connectivity index (χ2v) is 9.88. The number of carbonyl (C=O) groups excluding carboxylic acids is 1. The van der Waals surface area contributed by atoms with E-state index in [1.807, 2.05) is 33.8 Å². The quantitative estimate of drug-likeness (QED) is 0.511. The van der Waals surface area contributed by atoms with Crippen LogP contribution < -0.4 is 9.04 Å². The number of rotatable bonds is 8. The summed E-state index contributed by atoms with van der Waals surface area (Å²) < 4.78 is 34.2. The maximum Gasteiger partial charge on any atom is 0.265 e. The van der Waals surface area contributed by atoms with Gasteiger partial charge in [-0.05, 0) is 64.1 Å². The largest absolute Gasteiger partial charge is 0.497 e. The normalized spacial score (nSPS) is 11.7. The van der Waals surface area contributed by atoms with E-state index >= 15 is 0 Å². The van der Waals surface area contributed by atoms with Crippen LogP contribution in [0, 0.1) is 0 Å². The fraction of sp³-hybridized carbons (Fsp3) is 0.333. The summed E-state index contributed by atoms with van der Waals surface area (Å²) in [6.45, 7) is 7.36. The zero-order valence-electron chi connectivity index (χ0n) is 19.0. The van der Waals surface area contributed by atoms with E-state index in [-0.39, 0.29) is 29.4 Å². The van der Waals surface area contributed by atoms with Crippen LogP contribution in [0.15, 0.2) is 65.8 Å². The summed E-state index contributed by atoms with van der Waals surface area (Å²) in [6.07, 6.45) is 3.18. The van der Waals surface area contributed by atoms with Crippen LogP contribution in [0.5, 0.6) is 5.75 Å². The van der Waals surface area contributed by atoms with Gasteiger partial charge in [0.25, 0.3) is 10.0 Å². The first-order chi connectivity index (χ1) is 15.2. The van der Waals surface area contributed by atoms with E-state index in [0.29, 0.717) is 22.2 Å². The van der Waals surface area contributed by atoms with E-state index in [0.717, 1.165) is 0 Å². The van der Waals surface area contributed by atoms with Crippen molar-refractivity contribution in [1.29, 1.82) is 0 Å². The van der Waals surface area contributed by atoms with Crippen molar-refractivity contribution >= 4 is 32.4 Å². The molecule has 0 spiro atoms. The van der Waals surface area contributed by atoms with E-state index in [9.17, 15) is 13.2 Å². The van der Waals surface area contributed by atoms with Crippen molar-refractivity contribution in [3.63, 3.8) is 0 Å². The topological polar surface area (TPSA) is 79.8 Å². The minimum Gasteiger partial charge on any atom is -0.497 e. The summed E-state index contributed by atoms with van der Waals surface area (Å²) in [6, 6.07) is 13.2. The average Bonchev–Trinajstić information content (AvgIpc) is 2.76. The fourth-order valence-electron chi connectivity index (χ4n) is 3.88. The molecular weight excluding hydrogens is 426 g/mol. The fourth-order valence-corrected chi connectivity index (χ4v) is 5.51. The van der Waals surface area contributed by atoms with Gasteiger partial charge in [0.15, 0.2) is 0 Å². The van der Waals surface area contributed by atoms with Gasteiger partial charge in [-0.1, -0.05) is 12.1 Å². The van der Waals surface area contributed by atoms with Crippen LogP contribution in [-0.2, 0) is 14.8 Å². The van der Waals surface area contributed by atoms with Gasteiger partial charge in [0.1, 0.15) is 12.3 Å². The maximum atomic E-state index is 13.9. The van der Waals surface area contributed by atoms with Crippen molar-refractivity contribution in [2.45, 2.75) is 44.7 Å². The number of hydrogen-bond acceptors (Lipinski definition) is 5. The number of nitrogens with zero attached hydrogens (tertiary/aromatic N) is 3. The highest BCUT2D eigenvalue weighted by Crippen LogP contribution is 2.30. The smallest absolute Gasteiger partial charge is 0.265 e.